The minimum Gasteiger partial charge on any atom is -0.381 e. The van der Waals surface area contributed by atoms with Gasteiger partial charge in [-0.25, -0.2) is 0 Å². The van der Waals surface area contributed by atoms with Crippen LogP contribution in [0, 0.1) is 11.8 Å². The van der Waals surface area contributed by atoms with E-state index in [0.29, 0.717) is 18.1 Å². The normalized spacial score (nSPS) is 28.4. The molecule has 19 heavy (non-hydrogen) atoms. The van der Waals surface area contributed by atoms with Gasteiger partial charge in [0.1, 0.15) is 0 Å². The summed E-state index contributed by atoms with van der Waals surface area (Å²) in [7, 11) is 1.90. The number of nitrogens with one attached hydrogen (secondary N) is 1. The zero-order valence-corrected chi connectivity index (χ0v) is 12.7. The second-order valence-electron chi connectivity index (χ2n) is 6.20. The fourth-order valence-electron chi connectivity index (χ4n) is 3.79. The molecule has 1 saturated carbocycles. The van der Waals surface area contributed by atoms with Gasteiger partial charge in [0.05, 0.1) is 12.7 Å². The molecule has 3 heteroatoms. The number of methoxy groups -OCH3 is 1. The first-order valence-corrected chi connectivity index (χ1v) is 8.20. The SMILES string of the molecule is CCCNC(C1CCOC1)C(OC)C1CCCCC1. The second-order valence-corrected chi connectivity index (χ2v) is 6.20. The molecule has 2 rings (SSSR count). The predicted molar refractivity (Wildman–Crippen MR) is 78.4 cm³/mol. The molecule has 112 valence electrons. The molecule has 0 radical (unpaired) electrons. The summed E-state index contributed by atoms with van der Waals surface area (Å²) < 4.78 is 11.5. The van der Waals surface area contributed by atoms with Gasteiger partial charge in [-0.2, -0.15) is 0 Å². The standard InChI is InChI=1S/C16H31NO2/c1-3-10-17-15(14-9-11-19-12-14)16(18-2)13-7-5-4-6-8-13/h13-17H,3-12H2,1-2H3. The lowest BCUT2D eigenvalue weighted by atomic mass is 9.79. The molecule has 1 heterocycles. The van der Waals surface area contributed by atoms with E-state index in [9.17, 15) is 0 Å². The quantitative estimate of drug-likeness (QED) is 0.771. The summed E-state index contributed by atoms with van der Waals surface area (Å²) >= 11 is 0. The number of hydrogen-bond donors (Lipinski definition) is 1. The largest absolute Gasteiger partial charge is 0.381 e. The molecule has 3 atom stereocenters. The molecule has 0 aromatic heterocycles. The van der Waals surface area contributed by atoms with Gasteiger partial charge in [-0.1, -0.05) is 26.2 Å². The Balaban J connectivity index is 1.99. The van der Waals surface area contributed by atoms with Gasteiger partial charge in [0.15, 0.2) is 0 Å². The molecule has 0 bridgehead atoms. The van der Waals surface area contributed by atoms with Crippen molar-refractivity contribution in [3.63, 3.8) is 0 Å². The van der Waals surface area contributed by atoms with E-state index < -0.39 is 0 Å². The maximum Gasteiger partial charge on any atom is 0.0755 e. The fourth-order valence-corrected chi connectivity index (χ4v) is 3.79. The van der Waals surface area contributed by atoms with Crippen LogP contribution in [-0.4, -0.2) is 39.0 Å². The summed E-state index contributed by atoms with van der Waals surface area (Å²) in [6.45, 7) is 5.16. The van der Waals surface area contributed by atoms with E-state index in [1.54, 1.807) is 0 Å². The van der Waals surface area contributed by atoms with Crippen LogP contribution in [0.4, 0.5) is 0 Å². The predicted octanol–water partition coefficient (Wildman–Crippen LogP) is 2.99. The lowest BCUT2D eigenvalue weighted by Crippen LogP contribution is -2.50. The van der Waals surface area contributed by atoms with E-state index in [-0.39, 0.29) is 0 Å². The van der Waals surface area contributed by atoms with Gasteiger partial charge in [-0.15, -0.1) is 0 Å². The van der Waals surface area contributed by atoms with E-state index in [1.165, 1.54) is 44.9 Å². The van der Waals surface area contributed by atoms with Gasteiger partial charge in [-0.05, 0) is 38.1 Å². The highest BCUT2D eigenvalue weighted by atomic mass is 16.5. The van der Waals surface area contributed by atoms with Crippen molar-refractivity contribution >= 4 is 0 Å². The fraction of sp³-hybridized carbons (Fsp3) is 1.00. The molecule has 2 fully saturated rings. The first kappa shape index (κ1) is 15.3. The Morgan fingerprint density at radius 2 is 1.95 bits per heavy atom. The van der Waals surface area contributed by atoms with Crippen molar-refractivity contribution in [1.82, 2.24) is 5.32 Å². The molecule has 1 aliphatic carbocycles. The summed E-state index contributed by atoms with van der Waals surface area (Å²) in [6.07, 6.45) is 9.61. The van der Waals surface area contributed by atoms with Crippen LogP contribution in [0.1, 0.15) is 51.9 Å². The molecule has 2 aliphatic rings. The highest BCUT2D eigenvalue weighted by Gasteiger charge is 2.36. The van der Waals surface area contributed by atoms with Crippen molar-refractivity contribution in [3.8, 4) is 0 Å². The Morgan fingerprint density at radius 1 is 1.16 bits per heavy atom. The van der Waals surface area contributed by atoms with Gasteiger partial charge < -0.3 is 14.8 Å². The summed E-state index contributed by atoms with van der Waals surface area (Å²) in [4.78, 5) is 0. The molecule has 3 nitrogen and oxygen atoms in total. The first-order chi connectivity index (χ1) is 9.36. The maximum atomic E-state index is 5.94. The zero-order chi connectivity index (χ0) is 13.5. The first-order valence-electron chi connectivity index (χ1n) is 8.20. The molecular weight excluding hydrogens is 238 g/mol. The second kappa shape index (κ2) is 8.23. The van der Waals surface area contributed by atoms with E-state index in [4.69, 9.17) is 9.47 Å². The van der Waals surface area contributed by atoms with Crippen molar-refractivity contribution < 1.29 is 9.47 Å². The van der Waals surface area contributed by atoms with Gasteiger partial charge in [-0.3, -0.25) is 0 Å². The van der Waals surface area contributed by atoms with Crippen molar-refractivity contribution in [3.05, 3.63) is 0 Å². The van der Waals surface area contributed by atoms with Crippen LogP contribution in [0.5, 0.6) is 0 Å². The maximum absolute atomic E-state index is 5.94. The van der Waals surface area contributed by atoms with Crippen LogP contribution in [0.2, 0.25) is 0 Å². The molecule has 0 spiro atoms. The van der Waals surface area contributed by atoms with E-state index in [2.05, 4.69) is 12.2 Å². The minimum atomic E-state index is 0.374. The molecule has 1 N–H and O–H groups in total. The Labute approximate surface area is 118 Å². The number of hydrogen-bond acceptors (Lipinski definition) is 3. The molecule has 1 aliphatic heterocycles. The summed E-state index contributed by atoms with van der Waals surface area (Å²) in [5.41, 5.74) is 0. The molecule has 0 aromatic rings. The topological polar surface area (TPSA) is 30.5 Å². The van der Waals surface area contributed by atoms with Gasteiger partial charge in [0.2, 0.25) is 0 Å². The third-order valence-corrected chi connectivity index (χ3v) is 4.84. The van der Waals surface area contributed by atoms with Gasteiger partial charge in [0, 0.05) is 25.7 Å². The van der Waals surface area contributed by atoms with Crippen molar-refractivity contribution in [2.75, 3.05) is 26.9 Å². The van der Waals surface area contributed by atoms with Crippen LogP contribution in [-0.2, 0) is 9.47 Å². The Bertz CT molecular complexity index is 235. The highest BCUT2D eigenvalue weighted by molar-refractivity contribution is 4.90. The van der Waals surface area contributed by atoms with Crippen LogP contribution in [0.15, 0.2) is 0 Å². The molecule has 3 unspecified atom stereocenters. The average Bonchev–Trinajstić information content (AvgIpc) is 2.98. The molecule has 0 aromatic carbocycles. The van der Waals surface area contributed by atoms with E-state index in [1.807, 2.05) is 7.11 Å². The van der Waals surface area contributed by atoms with Crippen molar-refractivity contribution in [2.24, 2.45) is 11.8 Å². The van der Waals surface area contributed by atoms with E-state index >= 15 is 0 Å². The summed E-state index contributed by atoms with van der Waals surface area (Å²) in [5, 5.41) is 3.75. The third-order valence-electron chi connectivity index (χ3n) is 4.84. The lowest BCUT2D eigenvalue weighted by Gasteiger charge is -2.38. The Morgan fingerprint density at radius 3 is 2.53 bits per heavy atom. The highest BCUT2D eigenvalue weighted by Crippen LogP contribution is 2.32. The van der Waals surface area contributed by atoms with Gasteiger partial charge in [0.25, 0.3) is 0 Å². The Kier molecular flexibility index (Phi) is 6.62. The third kappa shape index (κ3) is 4.17. The van der Waals surface area contributed by atoms with E-state index in [0.717, 1.165) is 25.7 Å². The molecule has 1 saturated heterocycles. The lowest BCUT2D eigenvalue weighted by molar-refractivity contribution is -0.00909. The Hall–Kier alpha value is -0.120. The summed E-state index contributed by atoms with van der Waals surface area (Å²) in [6, 6.07) is 0.482. The van der Waals surface area contributed by atoms with Crippen molar-refractivity contribution in [1.29, 1.82) is 0 Å². The monoisotopic (exact) mass is 269 g/mol. The average molecular weight is 269 g/mol. The zero-order valence-electron chi connectivity index (χ0n) is 12.7. The number of ether oxygens (including phenoxy) is 2. The van der Waals surface area contributed by atoms with Crippen LogP contribution < -0.4 is 5.32 Å². The van der Waals surface area contributed by atoms with Crippen molar-refractivity contribution in [2.45, 2.75) is 64.0 Å². The van der Waals surface area contributed by atoms with Gasteiger partial charge >= 0.3 is 0 Å². The smallest absolute Gasteiger partial charge is 0.0755 e. The number of rotatable bonds is 7. The summed E-state index contributed by atoms with van der Waals surface area (Å²) in [5.74, 6) is 1.38. The van der Waals surface area contributed by atoms with Crippen LogP contribution >= 0.6 is 0 Å². The van der Waals surface area contributed by atoms with Crippen LogP contribution in [0.3, 0.4) is 0 Å². The molecule has 0 amide bonds. The molecular formula is C16H31NO2. The minimum absolute atomic E-state index is 0.374. The van der Waals surface area contributed by atoms with Crippen LogP contribution in [0.25, 0.3) is 0 Å².